The Morgan fingerprint density at radius 2 is 1.85 bits per heavy atom. The average Bonchev–Trinajstić information content (AvgIpc) is 2.88. The molecule has 2 aromatic heterocycles. The molecule has 0 bridgehead atoms. The first-order valence-electron chi connectivity index (χ1n) is 10.9. The molecule has 0 unspecified atom stereocenters. The van der Waals surface area contributed by atoms with Gasteiger partial charge in [-0.05, 0) is 30.4 Å². The van der Waals surface area contributed by atoms with Crippen molar-refractivity contribution in [2.45, 2.75) is 19.3 Å². The van der Waals surface area contributed by atoms with E-state index in [4.69, 9.17) is 0 Å². The fourth-order valence-electron chi connectivity index (χ4n) is 4.25. The molecule has 8 heteroatoms. The third kappa shape index (κ3) is 5.11. The molecule has 1 aromatic carbocycles. The zero-order chi connectivity index (χ0) is 23.1. The van der Waals surface area contributed by atoms with Crippen LogP contribution in [-0.2, 0) is 11.2 Å². The maximum atomic E-state index is 13.3. The Morgan fingerprint density at radius 1 is 1.06 bits per heavy atom. The van der Waals surface area contributed by atoms with E-state index in [2.05, 4.69) is 37.9 Å². The molecule has 33 heavy (non-hydrogen) atoms. The first-order chi connectivity index (χ1) is 16.1. The Morgan fingerprint density at radius 3 is 2.55 bits per heavy atom. The predicted molar refractivity (Wildman–Crippen MR) is 124 cm³/mol. The lowest BCUT2D eigenvalue weighted by atomic mass is 9.72. The van der Waals surface area contributed by atoms with E-state index in [1.807, 2.05) is 18.2 Å². The van der Waals surface area contributed by atoms with Crippen molar-refractivity contribution < 1.29 is 9.59 Å². The Hall–Kier alpha value is -3.94. The molecular formula is C25H26N6O2. The van der Waals surface area contributed by atoms with Crippen LogP contribution in [0.25, 0.3) is 11.1 Å². The van der Waals surface area contributed by atoms with Crippen molar-refractivity contribution in [1.82, 2.24) is 30.2 Å². The SMILES string of the molecule is C=CCNC(=O)C1(Cc2cccc(-c3cncnc3)c2)CCN(C(=O)c2cnccn2)CC1. The van der Waals surface area contributed by atoms with Gasteiger partial charge in [-0.15, -0.1) is 6.58 Å². The summed E-state index contributed by atoms with van der Waals surface area (Å²) in [6.07, 6.45) is 12.9. The Kier molecular flexibility index (Phi) is 6.83. The van der Waals surface area contributed by atoms with Gasteiger partial charge in [0.05, 0.1) is 11.6 Å². The van der Waals surface area contributed by atoms with Crippen LogP contribution in [0.3, 0.4) is 0 Å². The minimum atomic E-state index is -0.617. The number of benzene rings is 1. The third-order valence-corrected chi connectivity index (χ3v) is 6.04. The number of piperidine rings is 1. The lowest BCUT2D eigenvalue weighted by Gasteiger charge is -2.40. The Labute approximate surface area is 192 Å². The Balaban J connectivity index is 1.54. The van der Waals surface area contributed by atoms with Gasteiger partial charge in [0.2, 0.25) is 5.91 Å². The molecule has 0 spiro atoms. The van der Waals surface area contributed by atoms with Crippen molar-refractivity contribution in [2.24, 2.45) is 5.41 Å². The van der Waals surface area contributed by atoms with Crippen molar-refractivity contribution >= 4 is 11.8 Å². The molecule has 4 rings (SSSR count). The van der Waals surface area contributed by atoms with Crippen LogP contribution in [0.2, 0.25) is 0 Å². The number of hydrogen-bond donors (Lipinski definition) is 1. The molecule has 0 radical (unpaired) electrons. The largest absolute Gasteiger partial charge is 0.352 e. The van der Waals surface area contributed by atoms with Crippen LogP contribution in [0.5, 0.6) is 0 Å². The highest BCUT2D eigenvalue weighted by atomic mass is 16.2. The molecule has 1 saturated heterocycles. The van der Waals surface area contributed by atoms with Gasteiger partial charge in [-0.2, -0.15) is 0 Å². The summed E-state index contributed by atoms with van der Waals surface area (Å²) < 4.78 is 0. The molecule has 0 aliphatic carbocycles. The van der Waals surface area contributed by atoms with Crippen LogP contribution in [0.4, 0.5) is 0 Å². The second-order valence-corrected chi connectivity index (χ2v) is 8.17. The van der Waals surface area contributed by atoms with Crippen LogP contribution in [0.1, 0.15) is 28.9 Å². The fourth-order valence-corrected chi connectivity index (χ4v) is 4.25. The van der Waals surface area contributed by atoms with Gasteiger partial charge < -0.3 is 10.2 Å². The van der Waals surface area contributed by atoms with E-state index in [-0.39, 0.29) is 11.8 Å². The number of carbonyl (C=O) groups excluding carboxylic acids is 2. The van der Waals surface area contributed by atoms with Crippen LogP contribution < -0.4 is 5.32 Å². The van der Waals surface area contributed by atoms with E-state index in [1.165, 1.54) is 24.9 Å². The summed E-state index contributed by atoms with van der Waals surface area (Å²) in [5.74, 6) is -0.170. The van der Waals surface area contributed by atoms with Crippen LogP contribution in [-0.4, -0.2) is 56.3 Å². The summed E-state index contributed by atoms with van der Waals surface area (Å²) >= 11 is 0. The number of nitrogens with zero attached hydrogens (tertiary/aromatic N) is 5. The lowest BCUT2D eigenvalue weighted by molar-refractivity contribution is -0.133. The summed E-state index contributed by atoms with van der Waals surface area (Å²) in [6.45, 7) is 5.06. The molecule has 1 fully saturated rings. The first kappa shape index (κ1) is 22.3. The highest BCUT2D eigenvalue weighted by Gasteiger charge is 2.42. The van der Waals surface area contributed by atoms with Crippen molar-refractivity contribution in [3.8, 4) is 11.1 Å². The maximum Gasteiger partial charge on any atom is 0.274 e. The van der Waals surface area contributed by atoms with E-state index in [9.17, 15) is 9.59 Å². The van der Waals surface area contributed by atoms with Gasteiger partial charge in [0.1, 0.15) is 12.0 Å². The van der Waals surface area contributed by atoms with E-state index in [0.29, 0.717) is 44.6 Å². The number of carbonyl (C=O) groups is 2. The molecular weight excluding hydrogens is 416 g/mol. The van der Waals surface area contributed by atoms with Gasteiger partial charge in [-0.3, -0.25) is 14.6 Å². The molecule has 1 aliphatic heterocycles. The third-order valence-electron chi connectivity index (χ3n) is 6.04. The normalized spacial score (nSPS) is 15.0. The molecule has 1 N–H and O–H groups in total. The predicted octanol–water partition coefficient (Wildman–Crippen LogP) is 2.70. The molecule has 3 heterocycles. The van der Waals surface area contributed by atoms with E-state index in [0.717, 1.165) is 16.7 Å². The molecule has 1 aliphatic rings. The van der Waals surface area contributed by atoms with Crippen LogP contribution in [0.15, 0.2) is 74.2 Å². The maximum absolute atomic E-state index is 13.3. The summed E-state index contributed by atoms with van der Waals surface area (Å²) in [5.41, 5.74) is 2.69. The minimum absolute atomic E-state index is 0.0116. The fraction of sp³-hybridized carbons (Fsp3) is 0.280. The zero-order valence-electron chi connectivity index (χ0n) is 18.4. The van der Waals surface area contributed by atoms with Crippen LogP contribution in [0, 0.1) is 5.41 Å². The van der Waals surface area contributed by atoms with E-state index >= 15 is 0 Å². The second-order valence-electron chi connectivity index (χ2n) is 8.17. The molecule has 8 nitrogen and oxygen atoms in total. The van der Waals surface area contributed by atoms with Crippen molar-refractivity contribution in [3.63, 3.8) is 0 Å². The van der Waals surface area contributed by atoms with E-state index in [1.54, 1.807) is 23.4 Å². The summed E-state index contributed by atoms with van der Waals surface area (Å²) in [7, 11) is 0. The quantitative estimate of drug-likeness (QED) is 0.565. The summed E-state index contributed by atoms with van der Waals surface area (Å²) in [5, 5.41) is 2.98. The Bertz CT molecular complexity index is 1110. The standard InChI is InChI=1S/C25H26N6O2/c1-2-8-30-24(33)25(6-11-31(12-7-25)23(32)22-17-26-9-10-29-22)14-19-4-3-5-20(13-19)21-15-27-18-28-16-21/h2-5,9-10,13,15-18H,1,6-8,11-12,14H2,(H,30,33). The molecule has 2 amide bonds. The second kappa shape index (κ2) is 10.1. The van der Waals surface area contributed by atoms with Gasteiger partial charge in [-0.1, -0.05) is 30.3 Å². The number of likely N-dealkylation sites (tertiary alicyclic amines) is 1. The molecule has 3 aromatic rings. The van der Waals surface area contributed by atoms with Gasteiger partial charge in [-0.25, -0.2) is 15.0 Å². The average molecular weight is 443 g/mol. The van der Waals surface area contributed by atoms with Gasteiger partial charge in [0, 0.05) is 50.0 Å². The first-order valence-corrected chi connectivity index (χ1v) is 10.9. The monoisotopic (exact) mass is 442 g/mol. The minimum Gasteiger partial charge on any atom is -0.352 e. The zero-order valence-corrected chi connectivity index (χ0v) is 18.4. The number of aromatic nitrogens is 4. The number of rotatable bonds is 7. The summed E-state index contributed by atoms with van der Waals surface area (Å²) in [6, 6.07) is 8.11. The smallest absolute Gasteiger partial charge is 0.274 e. The van der Waals surface area contributed by atoms with Crippen molar-refractivity contribution in [3.05, 3.63) is 85.5 Å². The summed E-state index contributed by atoms with van der Waals surface area (Å²) in [4.78, 5) is 44.1. The van der Waals surface area contributed by atoms with Gasteiger partial charge in [0.15, 0.2) is 0 Å². The molecule has 168 valence electrons. The van der Waals surface area contributed by atoms with Crippen molar-refractivity contribution in [1.29, 1.82) is 0 Å². The topological polar surface area (TPSA) is 101 Å². The number of hydrogen-bond acceptors (Lipinski definition) is 6. The molecule has 0 saturated carbocycles. The van der Waals surface area contributed by atoms with Gasteiger partial charge >= 0.3 is 0 Å². The highest BCUT2D eigenvalue weighted by Crippen LogP contribution is 2.36. The highest BCUT2D eigenvalue weighted by molar-refractivity contribution is 5.92. The lowest BCUT2D eigenvalue weighted by Crippen LogP contribution is -2.51. The van der Waals surface area contributed by atoms with Crippen LogP contribution >= 0.6 is 0 Å². The number of amides is 2. The number of nitrogens with one attached hydrogen (secondary N) is 1. The van der Waals surface area contributed by atoms with Gasteiger partial charge in [0.25, 0.3) is 5.91 Å². The van der Waals surface area contributed by atoms with E-state index < -0.39 is 5.41 Å². The van der Waals surface area contributed by atoms with Crippen molar-refractivity contribution in [2.75, 3.05) is 19.6 Å². The molecule has 0 atom stereocenters.